The molecule has 26 heavy (non-hydrogen) atoms. The van der Waals surface area contributed by atoms with Crippen molar-refractivity contribution in [3.63, 3.8) is 0 Å². The number of thioether (sulfide) groups is 2. The standard InChI is InChI=1S/C20H24N2O2S2/c1-5-19-21-13-15(1)17-3-4-18(17)16-2-6-20(22-14-16)26-12-10-24-8-7-23-9-11-25-19/h1-2,5-6,13-14,17-18H,3-4,7-12H2. The highest BCUT2D eigenvalue weighted by Gasteiger charge is 2.33. The van der Waals surface area contributed by atoms with Gasteiger partial charge in [-0.25, -0.2) is 9.97 Å². The second-order valence-corrected chi connectivity index (χ2v) is 8.80. The summed E-state index contributed by atoms with van der Waals surface area (Å²) in [5, 5.41) is 2.14. The van der Waals surface area contributed by atoms with E-state index in [9.17, 15) is 0 Å². The third kappa shape index (κ3) is 4.60. The molecule has 1 saturated carbocycles. The van der Waals surface area contributed by atoms with Crippen molar-refractivity contribution in [3.05, 3.63) is 47.8 Å². The van der Waals surface area contributed by atoms with Gasteiger partial charge in [0, 0.05) is 23.9 Å². The lowest BCUT2D eigenvalue weighted by atomic mass is 9.67. The minimum absolute atomic E-state index is 0.573. The van der Waals surface area contributed by atoms with Gasteiger partial charge in [0.25, 0.3) is 0 Å². The van der Waals surface area contributed by atoms with Crippen molar-refractivity contribution >= 4 is 23.5 Å². The van der Waals surface area contributed by atoms with Gasteiger partial charge in [0.15, 0.2) is 0 Å². The monoisotopic (exact) mass is 388 g/mol. The fourth-order valence-electron chi connectivity index (χ4n) is 3.42. The fourth-order valence-corrected chi connectivity index (χ4v) is 4.83. The first-order chi connectivity index (χ1) is 12.9. The minimum atomic E-state index is 0.573. The molecule has 0 radical (unpaired) electrons. The van der Waals surface area contributed by atoms with Crippen molar-refractivity contribution in [1.82, 2.24) is 9.97 Å². The molecule has 0 saturated heterocycles. The summed E-state index contributed by atoms with van der Waals surface area (Å²) in [6.45, 7) is 2.75. The number of aromatic nitrogens is 2. The normalized spacial score (nSPS) is 24.6. The van der Waals surface area contributed by atoms with Crippen LogP contribution in [-0.4, -0.2) is 47.9 Å². The van der Waals surface area contributed by atoms with Crippen molar-refractivity contribution in [2.45, 2.75) is 34.7 Å². The third-order valence-electron chi connectivity index (χ3n) is 4.98. The lowest BCUT2D eigenvalue weighted by Crippen LogP contribution is -2.22. The number of hydrogen-bond donors (Lipinski definition) is 0. The third-order valence-corrected chi connectivity index (χ3v) is 6.79. The molecular formula is C20H24N2O2S2. The van der Waals surface area contributed by atoms with E-state index >= 15 is 0 Å². The molecule has 6 heteroatoms. The van der Waals surface area contributed by atoms with E-state index in [4.69, 9.17) is 9.47 Å². The van der Waals surface area contributed by atoms with E-state index in [-0.39, 0.29) is 0 Å². The SMILES string of the molecule is c1cc2ncc1C1CCC1c1ccc(nc1)SCCOCCOCCS2. The molecule has 0 N–H and O–H groups in total. The molecule has 2 aromatic rings. The Hall–Kier alpha value is -1.08. The average molecular weight is 389 g/mol. The molecule has 1 aliphatic carbocycles. The van der Waals surface area contributed by atoms with Crippen molar-refractivity contribution in [3.8, 4) is 0 Å². The Morgan fingerprint density at radius 2 is 1.19 bits per heavy atom. The zero-order valence-electron chi connectivity index (χ0n) is 14.8. The lowest BCUT2D eigenvalue weighted by molar-refractivity contribution is 0.0605. The van der Waals surface area contributed by atoms with Gasteiger partial charge in [0.05, 0.1) is 36.5 Å². The zero-order chi connectivity index (χ0) is 17.6. The van der Waals surface area contributed by atoms with Crippen LogP contribution in [0.4, 0.5) is 0 Å². The summed E-state index contributed by atoms with van der Waals surface area (Å²) in [4.78, 5) is 9.29. The van der Waals surface area contributed by atoms with Crippen LogP contribution in [0.15, 0.2) is 46.7 Å². The Balaban J connectivity index is 1.48. The quantitative estimate of drug-likeness (QED) is 0.668. The summed E-state index contributed by atoms with van der Waals surface area (Å²) < 4.78 is 11.2. The minimum Gasteiger partial charge on any atom is -0.378 e. The van der Waals surface area contributed by atoms with Crippen LogP contribution in [0.1, 0.15) is 35.8 Å². The van der Waals surface area contributed by atoms with Crippen LogP contribution in [-0.2, 0) is 9.47 Å². The van der Waals surface area contributed by atoms with E-state index in [1.807, 2.05) is 0 Å². The smallest absolute Gasteiger partial charge is 0.0960 e. The molecule has 5 heterocycles. The predicted octanol–water partition coefficient (Wildman–Crippen LogP) is 4.37. The van der Waals surface area contributed by atoms with E-state index in [2.05, 4.69) is 46.6 Å². The van der Waals surface area contributed by atoms with E-state index in [1.165, 1.54) is 24.0 Å². The molecule has 4 bridgehead atoms. The van der Waals surface area contributed by atoms with Crippen molar-refractivity contribution in [2.75, 3.05) is 37.9 Å². The van der Waals surface area contributed by atoms with Gasteiger partial charge in [-0.15, -0.1) is 23.5 Å². The Morgan fingerprint density at radius 3 is 1.58 bits per heavy atom. The molecule has 0 spiro atoms. The zero-order valence-corrected chi connectivity index (χ0v) is 16.4. The average Bonchev–Trinajstić information content (AvgIpc) is 2.64. The van der Waals surface area contributed by atoms with E-state index < -0.39 is 0 Å². The van der Waals surface area contributed by atoms with E-state index in [0.29, 0.717) is 25.0 Å². The molecule has 2 aromatic heterocycles. The summed E-state index contributed by atoms with van der Waals surface area (Å²) >= 11 is 3.50. The number of rotatable bonds is 0. The van der Waals surface area contributed by atoms with Crippen LogP contribution >= 0.6 is 23.5 Å². The lowest BCUT2D eigenvalue weighted by Gasteiger charge is -2.37. The Morgan fingerprint density at radius 1 is 0.692 bits per heavy atom. The molecule has 0 amide bonds. The Kier molecular flexibility index (Phi) is 6.49. The van der Waals surface area contributed by atoms with Crippen LogP contribution in [0.3, 0.4) is 0 Å². The topological polar surface area (TPSA) is 44.2 Å². The summed E-state index contributed by atoms with van der Waals surface area (Å²) in [7, 11) is 0. The molecule has 2 atom stereocenters. The number of hydrogen-bond acceptors (Lipinski definition) is 6. The van der Waals surface area contributed by atoms with Crippen LogP contribution in [0.2, 0.25) is 0 Å². The molecule has 1 fully saturated rings. The van der Waals surface area contributed by atoms with Crippen LogP contribution in [0.25, 0.3) is 0 Å². The largest absolute Gasteiger partial charge is 0.378 e. The Bertz CT molecular complexity index is 632. The molecule has 6 rings (SSSR count). The molecule has 0 aromatic carbocycles. The highest BCUT2D eigenvalue weighted by atomic mass is 32.2. The van der Waals surface area contributed by atoms with Gasteiger partial charge in [-0.05, 0) is 47.9 Å². The second kappa shape index (κ2) is 9.22. The van der Waals surface area contributed by atoms with Gasteiger partial charge in [-0.1, -0.05) is 12.1 Å². The molecule has 3 aliphatic heterocycles. The van der Waals surface area contributed by atoms with Crippen LogP contribution in [0, 0.1) is 0 Å². The fraction of sp³-hybridized carbons (Fsp3) is 0.500. The van der Waals surface area contributed by atoms with E-state index in [1.54, 1.807) is 23.5 Å². The second-order valence-electron chi connectivity index (χ2n) is 6.57. The highest BCUT2D eigenvalue weighted by molar-refractivity contribution is 7.99. The van der Waals surface area contributed by atoms with Gasteiger partial charge in [-0.3, -0.25) is 0 Å². The van der Waals surface area contributed by atoms with Crippen LogP contribution in [0.5, 0.6) is 0 Å². The first kappa shape index (κ1) is 18.3. The maximum atomic E-state index is 5.62. The maximum absolute atomic E-state index is 5.62. The first-order valence-electron chi connectivity index (χ1n) is 9.23. The summed E-state index contributed by atoms with van der Waals surface area (Å²) in [5.74, 6) is 2.99. The molecule has 138 valence electrons. The van der Waals surface area contributed by atoms with Crippen molar-refractivity contribution < 1.29 is 9.47 Å². The molecular weight excluding hydrogens is 364 g/mol. The molecule has 4 nitrogen and oxygen atoms in total. The number of ether oxygens (including phenoxy) is 2. The number of fused-ring (bicyclic) bond motifs is 2. The van der Waals surface area contributed by atoms with Gasteiger partial charge in [0.2, 0.25) is 0 Å². The van der Waals surface area contributed by atoms with Crippen LogP contribution < -0.4 is 0 Å². The highest BCUT2D eigenvalue weighted by Crippen LogP contribution is 2.48. The van der Waals surface area contributed by atoms with Gasteiger partial charge in [0.1, 0.15) is 0 Å². The maximum Gasteiger partial charge on any atom is 0.0960 e. The first-order valence-corrected chi connectivity index (χ1v) is 11.2. The summed E-state index contributed by atoms with van der Waals surface area (Å²) in [6.07, 6.45) is 6.59. The van der Waals surface area contributed by atoms with Gasteiger partial charge >= 0.3 is 0 Å². The predicted molar refractivity (Wildman–Crippen MR) is 106 cm³/mol. The summed E-state index contributed by atoms with van der Waals surface area (Å²) in [5.41, 5.74) is 2.71. The number of pyridine rings is 2. The van der Waals surface area contributed by atoms with Crippen molar-refractivity contribution in [2.24, 2.45) is 0 Å². The molecule has 4 aliphatic rings. The van der Waals surface area contributed by atoms with E-state index in [0.717, 1.165) is 34.8 Å². The molecule has 2 unspecified atom stereocenters. The number of nitrogens with zero attached hydrogens (tertiary/aromatic N) is 2. The van der Waals surface area contributed by atoms with Gasteiger partial charge < -0.3 is 9.47 Å². The van der Waals surface area contributed by atoms with Gasteiger partial charge in [-0.2, -0.15) is 0 Å². The Labute approximate surface area is 163 Å². The van der Waals surface area contributed by atoms with Crippen molar-refractivity contribution in [1.29, 1.82) is 0 Å². The summed E-state index contributed by atoms with van der Waals surface area (Å²) in [6, 6.07) is 8.79.